The van der Waals surface area contributed by atoms with Gasteiger partial charge in [0.05, 0.1) is 4.90 Å². The SMILES string of the molecule is CN(C1CCNCC1)S(=O)(=O)c1csc(C(=O)O)c1. The predicted molar refractivity (Wildman–Crippen MR) is 72.1 cm³/mol. The van der Waals surface area contributed by atoms with Gasteiger partial charge in [0.25, 0.3) is 0 Å². The molecule has 0 aromatic carbocycles. The first kappa shape index (κ1) is 14.4. The second-order valence-corrected chi connectivity index (χ2v) is 7.36. The van der Waals surface area contributed by atoms with Gasteiger partial charge in [-0.1, -0.05) is 0 Å². The van der Waals surface area contributed by atoms with E-state index in [-0.39, 0.29) is 15.8 Å². The van der Waals surface area contributed by atoms with Gasteiger partial charge in [0.2, 0.25) is 10.0 Å². The molecule has 0 bridgehead atoms. The molecule has 2 rings (SSSR count). The van der Waals surface area contributed by atoms with Gasteiger partial charge in [0, 0.05) is 18.5 Å². The molecule has 1 fully saturated rings. The molecule has 106 valence electrons. The first-order chi connectivity index (χ1) is 8.93. The van der Waals surface area contributed by atoms with E-state index in [2.05, 4.69) is 5.32 Å². The smallest absolute Gasteiger partial charge is 0.345 e. The Kier molecular flexibility index (Phi) is 4.24. The molecule has 8 heteroatoms. The molecule has 0 saturated carbocycles. The maximum atomic E-state index is 12.4. The number of thiophene rings is 1. The average molecular weight is 304 g/mol. The monoisotopic (exact) mass is 304 g/mol. The molecule has 2 N–H and O–H groups in total. The van der Waals surface area contributed by atoms with Crippen LogP contribution in [-0.4, -0.2) is 50.0 Å². The van der Waals surface area contributed by atoms with Crippen molar-refractivity contribution >= 4 is 27.3 Å². The van der Waals surface area contributed by atoms with Crippen molar-refractivity contribution in [3.8, 4) is 0 Å². The van der Waals surface area contributed by atoms with Gasteiger partial charge >= 0.3 is 5.97 Å². The molecule has 0 amide bonds. The Morgan fingerprint density at radius 1 is 1.47 bits per heavy atom. The summed E-state index contributed by atoms with van der Waals surface area (Å²) >= 11 is 0.931. The summed E-state index contributed by atoms with van der Waals surface area (Å²) in [6, 6.07) is 1.19. The van der Waals surface area contributed by atoms with Gasteiger partial charge < -0.3 is 10.4 Å². The number of aromatic carboxylic acids is 1. The summed E-state index contributed by atoms with van der Waals surface area (Å²) in [5, 5.41) is 13.4. The highest BCUT2D eigenvalue weighted by Crippen LogP contribution is 2.25. The molecule has 1 saturated heterocycles. The lowest BCUT2D eigenvalue weighted by Gasteiger charge is -2.30. The number of nitrogens with zero attached hydrogens (tertiary/aromatic N) is 1. The van der Waals surface area contributed by atoms with E-state index in [4.69, 9.17) is 5.11 Å². The highest BCUT2D eigenvalue weighted by atomic mass is 32.2. The highest BCUT2D eigenvalue weighted by Gasteiger charge is 2.30. The standard InChI is InChI=1S/C11H16N2O4S2/c1-13(8-2-4-12-5-3-8)19(16,17)9-6-10(11(14)15)18-7-9/h6-8,12H,2-5H2,1H3,(H,14,15). The van der Waals surface area contributed by atoms with Gasteiger partial charge in [-0.2, -0.15) is 4.31 Å². The molecule has 1 aliphatic heterocycles. The molecule has 0 radical (unpaired) electrons. The van der Waals surface area contributed by atoms with Crippen molar-refractivity contribution in [2.24, 2.45) is 0 Å². The normalized spacial score (nSPS) is 17.8. The molecule has 19 heavy (non-hydrogen) atoms. The van der Waals surface area contributed by atoms with Crippen molar-refractivity contribution in [1.29, 1.82) is 0 Å². The van der Waals surface area contributed by atoms with Crippen LogP contribution in [0.5, 0.6) is 0 Å². The lowest BCUT2D eigenvalue weighted by Crippen LogP contribution is -2.43. The van der Waals surface area contributed by atoms with Gasteiger partial charge in [-0.15, -0.1) is 11.3 Å². The van der Waals surface area contributed by atoms with Crippen molar-refractivity contribution in [2.45, 2.75) is 23.8 Å². The molecule has 2 heterocycles. The van der Waals surface area contributed by atoms with Crippen LogP contribution in [0.3, 0.4) is 0 Å². The predicted octanol–water partition coefficient (Wildman–Crippen LogP) is 0.819. The molecule has 6 nitrogen and oxygen atoms in total. The molecule has 1 aromatic heterocycles. The van der Waals surface area contributed by atoms with E-state index < -0.39 is 16.0 Å². The number of carbonyl (C=O) groups is 1. The van der Waals surface area contributed by atoms with E-state index in [1.165, 1.54) is 15.8 Å². The third-order valence-corrected chi connectivity index (χ3v) is 6.24. The number of carboxylic acid groups (broad SMARTS) is 1. The van der Waals surface area contributed by atoms with Crippen LogP contribution in [0.2, 0.25) is 0 Å². The van der Waals surface area contributed by atoms with Crippen molar-refractivity contribution in [2.75, 3.05) is 20.1 Å². The molecule has 0 aliphatic carbocycles. The van der Waals surface area contributed by atoms with E-state index in [0.717, 1.165) is 37.3 Å². The van der Waals surface area contributed by atoms with Gasteiger partial charge in [0.1, 0.15) is 4.88 Å². The maximum Gasteiger partial charge on any atom is 0.345 e. The molecule has 0 unspecified atom stereocenters. The van der Waals surface area contributed by atoms with E-state index in [9.17, 15) is 13.2 Å². The summed E-state index contributed by atoms with van der Waals surface area (Å²) in [6.45, 7) is 1.60. The van der Waals surface area contributed by atoms with E-state index in [1.54, 1.807) is 7.05 Å². The van der Waals surface area contributed by atoms with E-state index >= 15 is 0 Å². The van der Waals surface area contributed by atoms with Gasteiger partial charge in [-0.05, 0) is 32.0 Å². The fourth-order valence-corrected chi connectivity index (χ4v) is 4.61. The molecular formula is C11H16N2O4S2. The first-order valence-corrected chi connectivity index (χ1v) is 8.25. The third-order valence-electron chi connectivity index (χ3n) is 3.29. The van der Waals surface area contributed by atoms with Crippen LogP contribution in [0.15, 0.2) is 16.3 Å². The number of rotatable bonds is 4. The zero-order valence-corrected chi connectivity index (χ0v) is 12.1. The lowest BCUT2D eigenvalue weighted by atomic mass is 10.1. The van der Waals surface area contributed by atoms with Gasteiger partial charge in [-0.3, -0.25) is 0 Å². The van der Waals surface area contributed by atoms with Crippen LogP contribution in [0, 0.1) is 0 Å². The number of piperidine rings is 1. The number of nitrogens with one attached hydrogen (secondary N) is 1. The summed E-state index contributed by atoms with van der Waals surface area (Å²) in [6.07, 6.45) is 1.54. The van der Waals surface area contributed by atoms with Crippen molar-refractivity contribution in [1.82, 2.24) is 9.62 Å². The number of hydrogen-bond acceptors (Lipinski definition) is 5. The Labute approximate surface area is 116 Å². The van der Waals surface area contributed by atoms with Crippen LogP contribution in [0.1, 0.15) is 22.5 Å². The van der Waals surface area contributed by atoms with Gasteiger partial charge in [-0.25, -0.2) is 13.2 Å². The number of carboxylic acids is 1. The Balaban J connectivity index is 2.22. The van der Waals surface area contributed by atoms with Crippen molar-refractivity contribution in [3.05, 3.63) is 16.3 Å². The van der Waals surface area contributed by atoms with Crippen LogP contribution in [0.4, 0.5) is 0 Å². The van der Waals surface area contributed by atoms with Gasteiger partial charge in [0.15, 0.2) is 0 Å². The third kappa shape index (κ3) is 2.97. The largest absolute Gasteiger partial charge is 0.477 e. The zero-order chi connectivity index (χ0) is 14.0. The first-order valence-electron chi connectivity index (χ1n) is 5.93. The topological polar surface area (TPSA) is 86.7 Å². The van der Waals surface area contributed by atoms with Crippen molar-refractivity contribution < 1.29 is 18.3 Å². The van der Waals surface area contributed by atoms with Crippen LogP contribution in [0.25, 0.3) is 0 Å². The summed E-state index contributed by atoms with van der Waals surface area (Å²) in [5.41, 5.74) is 0. The second-order valence-electron chi connectivity index (χ2n) is 4.45. The summed E-state index contributed by atoms with van der Waals surface area (Å²) in [4.78, 5) is 10.9. The van der Waals surface area contributed by atoms with E-state index in [0.29, 0.717) is 0 Å². The molecule has 0 spiro atoms. The Bertz CT molecular complexity index is 561. The summed E-state index contributed by atoms with van der Waals surface area (Å²) in [5.74, 6) is -1.10. The molecule has 1 aliphatic rings. The lowest BCUT2D eigenvalue weighted by molar-refractivity contribution is 0.0702. The molecular weight excluding hydrogens is 288 g/mol. The highest BCUT2D eigenvalue weighted by molar-refractivity contribution is 7.89. The molecule has 1 aromatic rings. The van der Waals surface area contributed by atoms with Crippen LogP contribution >= 0.6 is 11.3 Å². The van der Waals surface area contributed by atoms with E-state index in [1.807, 2.05) is 0 Å². The minimum atomic E-state index is -3.60. The fourth-order valence-electron chi connectivity index (χ4n) is 2.10. The summed E-state index contributed by atoms with van der Waals surface area (Å²) in [7, 11) is -2.04. The Morgan fingerprint density at radius 2 is 2.11 bits per heavy atom. The number of sulfonamides is 1. The number of hydrogen-bond donors (Lipinski definition) is 2. The quantitative estimate of drug-likeness (QED) is 0.860. The Morgan fingerprint density at radius 3 is 2.63 bits per heavy atom. The fraction of sp³-hybridized carbons (Fsp3) is 0.545. The zero-order valence-electron chi connectivity index (χ0n) is 10.5. The van der Waals surface area contributed by atoms with Crippen molar-refractivity contribution in [3.63, 3.8) is 0 Å². The maximum absolute atomic E-state index is 12.4. The second kappa shape index (κ2) is 5.58. The minimum Gasteiger partial charge on any atom is -0.477 e. The Hall–Kier alpha value is -0.960. The van der Waals surface area contributed by atoms with Crippen LogP contribution in [-0.2, 0) is 10.0 Å². The van der Waals surface area contributed by atoms with Crippen LogP contribution < -0.4 is 5.32 Å². The summed E-state index contributed by atoms with van der Waals surface area (Å²) < 4.78 is 26.1. The minimum absolute atomic E-state index is 0.0283. The average Bonchev–Trinajstić information content (AvgIpc) is 2.89. The molecule has 0 atom stereocenters.